The van der Waals surface area contributed by atoms with Gasteiger partial charge in [-0.3, -0.25) is 4.79 Å². The summed E-state index contributed by atoms with van der Waals surface area (Å²) in [7, 11) is 0. The van der Waals surface area contributed by atoms with Gasteiger partial charge in [0.1, 0.15) is 5.82 Å². The van der Waals surface area contributed by atoms with Crippen LogP contribution in [0.5, 0.6) is 0 Å². The van der Waals surface area contributed by atoms with Crippen molar-refractivity contribution in [3.8, 4) is 0 Å². The van der Waals surface area contributed by atoms with Crippen molar-refractivity contribution in [2.45, 2.75) is 31.5 Å². The number of hydrogen-bond donors (Lipinski definition) is 1. The third-order valence-corrected chi connectivity index (χ3v) is 3.97. The quantitative estimate of drug-likeness (QED) is 0.870. The third kappa shape index (κ3) is 3.97. The smallest absolute Gasteiger partial charge is 0.383 e. The zero-order chi connectivity index (χ0) is 16.3. The predicted molar refractivity (Wildman–Crippen MR) is 71.5 cm³/mol. The van der Waals surface area contributed by atoms with Crippen molar-refractivity contribution in [1.29, 1.82) is 0 Å². The SMILES string of the molecule is O=C(Cc1ccccc1F)N1CCC(C(O)C(F)(F)F)CC1. The molecular weight excluding hydrogens is 302 g/mol. The van der Waals surface area contributed by atoms with Crippen molar-refractivity contribution in [3.05, 3.63) is 35.6 Å². The van der Waals surface area contributed by atoms with Crippen molar-refractivity contribution >= 4 is 5.91 Å². The molecule has 1 heterocycles. The van der Waals surface area contributed by atoms with E-state index in [1.54, 1.807) is 6.07 Å². The maximum atomic E-state index is 13.5. The van der Waals surface area contributed by atoms with Gasteiger partial charge >= 0.3 is 6.18 Å². The molecule has 1 aromatic rings. The molecule has 0 saturated carbocycles. The average Bonchev–Trinajstić information content (AvgIpc) is 2.48. The van der Waals surface area contributed by atoms with Crippen molar-refractivity contribution in [2.24, 2.45) is 5.92 Å². The van der Waals surface area contributed by atoms with Crippen molar-refractivity contribution in [1.82, 2.24) is 4.90 Å². The van der Waals surface area contributed by atoms with Crippen molar-refractivity contribution in [2.75, 3.05) is 13.1 Å². The summed E-state index contributed by atoms with van der Waals surface area (Å²) >= 11 is 0. The normalized spacial score (nSPS) is 18.3. The molecule has 0 spiro atoms. The monoisotopic (exact) mass is 319 g/mol. The standard InChI is InChI=1S/C15H17F4NO2/c16-12-4-2-1-3-11(12)9-13(21)20-7-5-10(6-8-20)14(22)15(17,18)19/h1-4,10,14,22H,5-9H2. The molecule has 1 aliphatic heterocycles. The topological polar surface area (TPSA) is 40.5 Å². The molecule has 1 unspecified atom stereocenters. The number of piperidine rings is 1. The number of benzene rings is 1. The van der Waals surface area contributed by atoms with Crippen LogP contribution in [0.4, 0.5) is 17.6 Å². The van der Waals surface area contributed by atoms with E-state index in [0.717, 1.165) is 0 Å². The third-order valence-electron chi connectivity index (χ3n) is 3.97. The lowest BCUT2D eigenvalue weighted by atomic mass is 9.90. The summed E-state index contributed by atoms with van der Waals surface area (Å²) in [4.78, 5) is 13.5. The summed E-state index contributed by atoms with van der Waals surface area (Å²) in [5.41, 5.74) is 0.268. The lowest BCUT2D eigenvalue weighted by Crippen LogP contribution is -2.45. The van der Waals surface area contributed by atoms with Gasteiger partial charge in [0.2, 0.25) is 5.91 Å². The molecule has 7 heteroatoms. The second-order valence-corrected chi connectivity index (χ2v) is 5.47. The first kappa shape index (κ1) is 16.7. The Balaban J connectivity index is 1.89. The van der Waals surface area contributed by atoms with Gasteiger partial charge in [0.25, 0.3) is 0 Å². The minimum Gasteiger partial charge on any atom is -0.383 e. The van der Waals surface area contributed by atoms with E-state index < -0.39 is 24.0 Å². The molecule has 1 aromatic carbocycles. The molecule has 0 aromatic heterocycles. The number of likely N-dealkylation sites (tertiary alicyclic amines) is 1. The molecule has 1 saturated heterocycles. The van der Waals surface area contributed by atoms with Crippen molar-refractivity contribution in [3.63, 3.8) is 0 Å². The highest BCUT2D eigenvalue weighted by Crippen LogP contribution is 2.31. The predicted octanol–water partition coefficient (Wildman–Crippen LogP) is 2.53. The van der Waals surface area contributed by atoms with Crippen LogP contribution in [0, 0.1) is 11.7 Å². The molecule has 0 bridgehead atoms. The Hall–Kier alpha value is -1.63. The fourth-order valence-corrected chi connectivity index (χ4v) is 2.65. The van der Waals surface area contributed by atoms with Crippen LogP contribution in [0.3, 0.4) is 0 Å². The van der Waals surface area contributed by atoms with Gasteiger partial charge in [-0.15, -0.1) is 0 Å². The van der Waals surface area contributed by atoms with Gasteiger partial charge in [0.05, 0.1) is 6.42 Å². The maximum absolute atomic E-state index is 13.5. The fourth-order valence-electron chi connectivity index (χ4n) is 2.65. The van der Waals surface area contributed by atoms with Crippen LogP contribution in [-0.2, 0) is 11.2 Å². The first-order valence-electron chi connectivity index (χ1n) is 7.05. The highest BCUT2D eigenvalue weighted by Gasteiger charge is 2.44. The van der Waals surface area contributed by atoms with Crippen LogP contribution in [0.15, 0.2) is 24.3 Å². The molecule has 1 atom stereocenters. The van der Waals surface area contributed by atoms with E-state index in [-0.39, 0.29) is 43.8 Å². The number of amides is 1. The lowest BCUT2D eigenvalue weighted by Gasteiger charge is -2.34. The summed E-state index contributed by atoms with van der Waals surface area (Å²) in [6.07, 6.45) is -6.92. The van der Waals surface area contributed by atoms with Crippen LogP contribution >= 0.6 is 0 Å². The summed E-state index contributed by atoms with van der Waals surface area (Å²) in [5.74, 6) is -1.68. The number of alkyl halides is 3. The summed E-state index contributed by atoms with van der Waals surface area (Å²) in [6, 6.07) is 5.91. The largest absolute Gasteiger partial charge is 0.414 e. The van der Waals surface area contributed by atoms with Crippen LogP contribution in [0.2, 0.25) is 0 Å². The second-order valence-electron chi connectivity index (χ2n) is 5.47. The lowest BCUT2D eigenvalue weighted by molar-refractivity contribution is -0.222. The Bertz CT molecular complexity index is 525. The summed E-state index contributed by atoms with van der Waals surface area (Å²) in [6.45, 7) is 0.288. The van der Waals surface area contributed by atoms with Gasteiger partial charge in [0.15, 0.2) is 6.10 Å². The maximum Gasteiger partial charge on any atom is 0.414 e. The van der Waals surface area contributed by atoms with Gasteiger partial charge in [-0.25, -0.2) is 4.39 Å². The highest BCUT2D eigenvalue weighted by atomic mass is 19.4. The van der Waals surface area contributed by atoms with Crippen molar-refractivity contribution < 1.29 is 27.5 Å². The highest BCUT2D eigenvalue weighted by molar-refractivity contribution is 5.78. The van der Waals surface area contributed by atoms with E-state index in [2.05, 4.69) is 0 Å². The average molecular weight is 319 g/mol. The fraction of sp³-hybridized carbons (Fsp3) is 0.533. The summed E-state index contributed by atoms with van der Waals surface area (Å²) < 4.78 is 50.8. The minimum absolute atomic E-state index is 0.0870. The molecule has 0 radical (unpaired) electrons. The van der Waals surface area contributed by atoms with Gasteiger partial charge in [-0.2, -0.15) is 13.2 Å². The molecule has 1 fully saturated rings. The number of carbonyl (C=O) groups is 1. The zero-order valence-corrected chi connectivity index (χ0v) is 11.8. The number of nitrogens with zero attached hydrogens (tertiary/aromatic N) is 1. The van der Waals surface area contributed by atoms with E-state index in [4.69, 9.17) is 0 Å². The number of carbonyl (C=O) groups excluding carboxylic acids is 1. The number of aliphatic hydroxyl groups is 1. The Kier molecular flexibility index (Phi) is 5.05. The Morgan fingerprint density at radius 3 is 2.41 bits per heavy atom. The molecule has 22 heavy (non-hydrogen) atoms. The number of aliphatic hydroxyl groups excluding tert-OH is 1. The molecule has 1 amide bonds. The van der Waals surface area contributed by atoms with Crippen LogP contribution in [0.1, 0.15) is 18.4 Å². The molecule has 1 aliphatic rings. The van der Waals surface area contributed by atoms with Gasteiger partial charge in [0, 0.05) is 13.1 Å². The number of rotatable bonds is 3. The molecule has 3 nitrogen and oxygen atoms in total. The number of hydrogen-bond acceptors (Lipinski definition) is 2. The Labute approximate surface area is 125 Å². The molecule has 1 N–H and O–H groups in total. The summed E-state index contributed by atoms with van der Waals surface area (Å²) in [5, 5.41) is 9.23. The van der Waals surface area contributed by atoms with Crippen LogP contribution in [-0.4, -0.2) is 41.3 Å². The first-order chi connectivity index (χ1) is 10.3. The van der Waals surface area contributed by atoms with E-state index in [1.807, 2.05) is 0 Å². The molecule has 122 valence electrons. The minimum atomic E-state index is -4.63. The van der Waals surface area contributed by atoms with Gasteiger partial charge in [-0.1, -0.05) is 18.2 Å². The van der Waals surface area contributed by atoms with Crippen LogP contribution < -0.4 is 0 Å². The van der Waals surface area contributed by atoms with E-state index >= 15 is 0 Å². The molecule has 2 rings (SSSR count). The van der Waals surface area contributed by atoms with E-state index in [0.29, 0.717) is 0 Å². The van der Waals surface area contributed by atoms with Crippen LogP contribution in [0.25, 0.3) is 0 Å². The Morgan fingerprint density at radius 1 is 1.27 bits per heavy atom. The van der Waals surface area contributed by atoms with Gasteiger partial charge < -0.3 is 10.0 Å². The number of halogens is 4. The van der Waals surface area contributed by atoms with Gasteiger partial charge in [-0.05, 0) is 30.4 Å². The second kappa shape index (κ2) is 6.64. The Morgan fingerprint density at radius 2 is 1.86 bits per heavy atom. The molecular formula is C15H17F4NO2. The first-order valence-corrected chi connectivity index (χ1v) is 7.05. The van der Waals surface area contributed by atoms with E-state index in [9.17, 15) is 27.5 Å². The van der Waals surface area contributed by atoms with E-state index in [1.165, 1.54) is 23.1 Å². The molecule has 0 aliphatic carbocycles. The zero-order valence-electron chi connectivity index (χ0n) is 11.8.